The van der Waals surface area contributed by atoms with Crippen LogP contribution in [0.25, 0.3) is 11.1 Å². The number of hydrogen-bond acceptors (Lipinski definition) is 6. The Hall–Kier alpha value is -1.79. The molecule has 0 bridgehead atoms. The summed E-state index contributed by atoms with van der Waals surface area (Å²) in [6.45, 7) is 2.11. The number of carbonyl (C=O) groups is 1. The number of nitrogens with two attached hydrogens (primary N) is 1. The van der Waals surface area contributed by atoms with Crippen LogP contribution in [0.4, 0.5) is 5.82 Å². The fraction of sp³-hybridized carbons (Fsp3) is 0.214. The number of thioether (sulfide) groups is 1. The van der Waals surface area contributed by atoms with Crippen LogP contribution >= 0.6 is 23.4 Å². The first kappa shape index (κ1) is 15.6. The maximum absolute atomic E-state index is 11.3. The lowest BCUT2D eigenvalue weighted by Gasteiger charge is -2.08. The van der Waals surface area contributed by atoms with Crippen molar-refractivity contribution in [3.63, 3.8) is 0 Å². The Morgan fingerprint density at radius 2 is 2.14 bits per heavy atom. The minimum Gasteiger partial charge on any atom is -0.465 e. The van der Waals surface area contributed by atoms with Crippen LogP contribution in [-0.2, 0) is 9.53 Å². The molecule has 0 amide bonds. The predicted molar refractivity (Wildman–Crippen MR) is 84.2 cm³/mol. The fourth-order valence-electron chi connectivity index (χ4n) is 1.66. The molecule has 0 spiro atoms. The molecular formula is C14H14ClN3O2S. The van der Waals surface area contributed by atoms with E-state index < -0.39 is 0 Å². The number of esters is 1. The van der Waals surface area contributed by atoms with Crippen LogP contribution in [-0.4, -0.2) is 28.3 Å². The Bertz CT molecular complexity index is 652. The lowest BCUT2D eigenvalue weighted by Crippen LogP contribution is -2.07. The number of carbonyl (C=O) groups excluding carboxylic acids is 1. The molecule has 2 N–H and O–H groups in total. The lowest BCUT2D eigenvalue weighted by atomic mass is 10.1. The fourth-order valence-corrected chi connectivity index (χ4v) is 2.52. The molecule has 21 heavy (non-hydrogen) atoms. The number of benzene rings is 1. The van der Waals surface area contributed by atoms with Crippen molar-refractivity contribution >= 4 is 35.1 Å². The maximum Gasteiger partial charge on any atom is 0.316 e. The molecule has 0 unspecified atom stereocenters. The van der Waals surface area contributed by atoms with E-state index in [9.17, 15) is 4.79 Å². The van der Waals surface area contributed by atoms with Gasteiger partial charge in [0.15, 0.2) is 5.16 Å². The highest BCUT2D eigenvalue weighted by molar-refractivity contribution is 7.99. The van der Waals surface area contributed by atoms with Gasteiger partial charge in [0.05, 0.1) is 12.4 Å². The predicted octanol–water partition coefficient (Wildman–Crippen LogP) is 3.03. The molecule has 110 valence electrons. The van der Waals surface area contributed by atoms with Gasteiger partial charge < -0.3 is 10.5 Å². The summed E-state index contributed by atoms with van der Waals surface area (Å²) in [4.78, 5) is 19.7. The molecule has 1 heterocycles. The number of rotatable bonds is 5. The van der Waals surface area contributed by atoms with Crippen molar-refractivity contribution in [2.24, 2.45) is 0 Å². The van der Waals surface area contributed by atoms with Crippen LogP contribution in [0.5, 0.6) is 0 Å². The third kappa shape index (κ3) is 4.09. The first-order valence-electron chi connectivity index (χ1n) is 6.27. The van der Waals surface area contributed by atoms with Crippen molar-refractivity contribution in [3.8, 4) is 11.1 Å². The zero-order valence-electron chi connectivity index (χ0n) is 11.4. The van der Waals surface area contributed by atoms with Crippen LogP contribution in [0, 0.1) is 0 Å². The summed E-state index contributed by atoms with van der Waals surface area (Å²) in [5.41, 5.74) is 7.39. The lowest BCUT2D eigenvalue weighted by molar-refractivity contribution is -0.139. The van der Waals surface area contributed by atoms with Gasteiger partial charge >= 0.3 is 5.97 Å². The van der Waals surface area contributed by atoms with Crippen LogP contribution in [0.2, 0.25) is 5.02 Å². The van der Waals surface area contributed by atoms with E-state index in [1.165, 1.54) is 11.8 Å². The summed E-state index contributed by atoms with van der Waals surface area (Å²) in [5, 5.41) is 1.01. The highest BCUT2D eigenvalue weighted by Crippen LogP contribution is 2.31. The second-order valence-corrected chi connectivity index (χ2v) is 5.37. The van der Waals surface area contributed by atoms with E-state index in [1.54, 1.807) is 19.2 Å². The number of nitrogens with zero attached hydrogens (tertiary/aromatic N) is 2. The molecule has 0 fully saturated rings. The normalized spacial score (nSPS) is 10.4. The van der Waals surface area contributed by atoms with E-state index in [2.05, 4.69) is 9.97 Å². The zero-order valence-corrected chi connectivity index (χ0v) is 12.9. The molecule has 2 aromatic rings. The van der Waals surface area contributed by atoms with Crippen LogP contribution in [0.1, 0.15) is 6.92 Å². The van der Waals surface area contributed by atoms with Crippen molar-refractivity contribution in [1.29, 1.82) is 0 Å². The number of anilines is 1. The SMILES string of the molecule is CCOC(=O)CSc1ncc(-c2ccccc2Cl)c(N)n1. The largest absolute Gasteiger partial charge is 0.465 e. The van der Waals surface area contributed by atoms with Crippen molar-refractivity contribution in [3.05, 3.63) is 35.5 Å². The quantitative estimate of drug-likeness (QED) is 0.517. The molecule has 5 nitrogen and oxygen atoms in total. The van der Waals surface area contributed by atoms with Crippen molar-refractivity contribution in [2.45, 2.75) is 12.1 Å². The van der Waals surface area contributed by atoms with Gasteiger partial charge in [-0.1, -0.05) is 41.6 Å². The van der Waals surface area contributed by atoms with Gasteiger partial charge in [-0.15, -0.1) is 0 Å². The molecule has 7 heteroatoms. The van der Waals surface area contributed by atoms with Gasteiger partial charge in [0.2, 0.25) is 0 Å². The van der Waals surface area contributed by atoms with Crippen LogP contribution < -0.4 is 5.73 Å². The standard InChI is InChI=1S/C14H14ClN3O2S/c1-2-20-12(19)8-21-14-17-7-10(13(16)18-14)9-5-3-4-6-11(9)15/h3-7H,2,8H2,1H3,(H2,16,17,18). The summed E-state index contributed by atoms with van der Waals surface area (Å²) in [5.74, 6) is 0.169. The van der Waals surface area contributed by atoms with Crippen molar-refractivity contribution < 1.29 is 9.53 Å². The number of nitrogen functional groups attached to an aromatic ring is 1. The Labute approximate surface area is 131 Å². The minimum atomic E-state index is -0.306. The molecule has 0 aliphatic heterocycles. The van der Waals surface area contributed by atoms with Gasteiger partial charge in [0, 0.05) is 22.3 Å². The summed E-state index contributed by atoms with van der Waals surface area (Å²) < 4.78 is 4.84. The second-order valence-electron chi connectivity index (χ2n) is 4.03. The summed E-state index contributed by atoms with van der Waals surface area (Å²) in [7, 11) is 0. The topological polar surface area (TPSA) is 78.1 Å². The monoisotopic (exact) mass is 323 g/mol. The molecule has 1 aromatic heterocycles. The number of hydrogen-bond donors (Lipinski definition) is 1. The van der Waals surface area contributed by atoms with Gasteiger partial charge in [0.1, 0.15) is 5.82 Å². The Morgan fingerprint density at radius 3 is 2.81 bits per heavy atom. The van der Waals surface area contributed by atoms with Gasteiger partial charge in [0.25, 0.3) is 0 Å². The number of halogens is 1. The molecular weight excluding hydrogens is 310 g/mol. The van der Waals surface area contributed by atoms with E-state index in [0.29, 0.717) is 28.2 Å². The maximum atomic E-state index is 11.3. The molecule has 0 aliphatic rings. The number of ether oxygens (including phenoxy) is 1. The van der Waals surface area contributed by atoms with Crippen LogP contribution in [0.15, 0.2) is 35.6 Å². The summed E-state index contributed by atoms with van der Waals surface area (Å²) in [6, 6.07) is 7.33. The highest BCUT2D eigenvalue weighted by Gasteiger charge is 2.11. The second kappa shape index (κ2) is 7.28. The first-order chi connectivity index (χ1) is 10.1. The highest BCUT2D eigenvalue weighted by atomic mass is 35.5. The number of aromatic nitrogens is 2. The van der Waals surface area contributed by atoms with Crippen LogP contribution in [0.3, 0.4) is 0 Å². The van der Waals surface area contributed by atoms with Gasteiger partial charge in [-0.3, -0.25) is 4.79 Å². The van der Waals surface area contributed by atoms with Crippen molar-refractivity contribution in [2.75, 3.05) is 18.1 Å². The van der Waals surface area contributed by atoms with E-state index in [4.69, 9.17) is 22.1 Å². The molecule has 2 rings (SSSR count). The van der Waals surface area contributed by atoms with E-state index in [1.807, 2.05) is 18.2 Å². The average Bonchev–Trinajstić information content (AvgIpc) is 2.47. The Kier molecular flexibility index (Phi) is 5.41. The molecule has 0 saturated carbocycles. The first-order valence-corrected chi connectivity index (χ1v) is 7.64. The molecule has 0 radical (unpaired) electrons. The molecule has 0 saturated heterocycles. The molecule has 1 aromatic carbocycles. The van der Waals surface area contributed by atoms with Gasteiger partial charge in [-0.25, -0.2) is 9.97 Å². The third-order valence-electron chi connectivity index (χ3n) is 2.58. The Morgan fingerprint density at radius 1 is 1.38 bits per heavy atom. The van der Waals surface area contributed by atoms with Gasteiger partial charge in [-0.2, -0.15) is 0 Å². The molecule has 0 atom stereocenters. The smallest absolute Gasteiger partial charge is 0.316 e. The Balaban J connectivity index is 2.15. The molecule has 0 aliphatic carbocycles. The van der Waals surface area contributed by atoms with E-state index >= 15 is 0 Å². The third-order valence-corrected chi connectivity index (χ3v) is 3.75. The summed E-state index contributed by atoms with van der Waals surface area (Å²) >= 11 is 7.31. The van der Waals surface area contributed by atoms with Gasteiger partial charge in [-0.05, 0) is 13.0 Å². The zero-order chi connectivity index (χ0) is 15.2. The van der Waals surface area contributed by atoms with E-state index in [0.717, 1.165) is 5.56 Å². The summed E-state index contributed by atoms with van der Waals surface area (Å²) in [6.07, 6.45) is 1.61. The van der Waals surface area contributed by atoms with Crippen molar-refractivity contribution in [1.82, 2.24) is 9.97 Å². The minimum absolute atomic E-state index is 0.152. The average molecular weight is 324 g/mol. The van der Waals surface area contributed by atoms with E-state index in [-0.39, 0.29) is 11.7 Å².